The largest absolute Gasteiger partial charge is 0.477 e. The van der Waals surface area contributed by atoms with Gasteiger partial charge in [-0.1, -0.05) is 18.2 Å². The molecule has 1 aromatic heterocycles. The van der Waals surface area contributed by atoms with E-state index >= 15 is 0 Å². The van der Waals surface area contributed by atoms with Gasteiger partial charge in [0, 0.05) is 16.6 Å². The Labute approximate surface area is 137 Å². The van der Waals surface area contributed by atoms with Gasteiger partial charge in [-0.05, 0) is 36.4 Å². The van der Waals surface area contributed by atoms with E-state index in [-0.39, 0.29) is 18.1 Å². The smallest absolute Gasteiger partial charge is 0.352 e. The number of nitrogens with one attached hydrogen (secondary N) is 1. The molecule has 3 rings (SSSR count). The molecule has 0 bridgehead atoms. The second-order valence-corrected chi connectivity index (χ2v) is 5.22. The number of nitrogens with zero attached hydrogens (tertiary/aromatic N) is 2. The average Bonchev–Trinajstić information content (AvgIpc) is 2.94. The zero-order chi connectivity index (χ0) is 17.1. The number of carbonyl (C=O) groups excluding carboxylic acids is 1. The van der Waals surface area contributed by atoms with Gasteiger partial charge in [0.2, 0.25) is 5.91 Å². The van der Waals surface area contributed by atoms with E-state index in [2.05, 4.69) is 5.32 Å². The van der Waals surface area contributed by atoms with Crippen molar-refractivity contribution in [3.63, 3.8) is 0 Å². The fraction of sp³-hybridized carbons (Fsp3) is 0.0556. The van der Waals surface area contributed by atoms with Crippen molar-refractivity contribution >= 4 is 28.5 Å². The Hall–Kier alpha value is -3.59. The van der Waals surface area contributed by atoms with Crippen molar-refractivity contribution in [3.05, 3.63) is 65.9 Å². The summed E-state index contributed by atoms with van der Waals surface area (Å²) in [6.07, 6.45) is 0. The molecule has 1 heterocycles. The molecule has 0 saturated carbocycles. The van der Waals surface area contributed by atoms with Crippen molar-refractivity contribution in [2.45, 2.75) is 6.54 Å². The SMILES string of the molecule is N#Cc1ccc(NC(=O)Cn2c(C(=O)O)cc3ccccc32)cc1. The van der Waals surface area contributed by atoms with E-state index in [0.29, 0.717) is 16.8 Å². The third kappa shape index (κ3) is 2.96. The van der Waals surface area contributed by atoms with E-state index in [4.69, 9.17) is 5.26 Å². The van der Waals surface area contributed by atoms with Crippen LogP contribution in [0.25, 0.3) is 10.9 Å². The fourth-order valence-corrected chi connectivity index (χ4v) is 2.53. The molecule has 0 radical (unpaired) electrons. The first-order chi connectivity index (χ1) is 11.6. The highest BCUT2D eigenvalue weighted by Crippen LogP contribution is 2.20. The second-order valence-electron chi connectivity index (χ2n) is 5.22. The lowest BCUT2D eigenvalue weighted by Crippen LogP contribution is -2.21. The summed E-state index contributed by atoms with van der Waals surface area (Å²) in [5.41, 5.74) is 1.79. The summed E-state index contributed by atoms with van der Waals surface area (Å²) in [7, 11) is 0. The number of nitriles is 1. The Bertz CT molecular complexity index is 965. The Kier molecular flexibility index (Phi) is 4.00. The molecule has 6 heteroatoms. The zero-order valence-corrected chi connectivity index (χ0v) is 12.6. The molecule has 2 N–H and O–H groups in total. The van der Waals surface area contributed by atoms with E-state index < -0.39 is 5.97 Å². The molecule has 0 saturated heterocycles. The van der Waals surface area contributed by atoms with Gasteiger partial charge in [-0.2, -0.15) is 5.26 Å². The maximum Gasteiger partial charge on any atom is 0.352 e. The van der Waals surface area contributed by atoms with Crippen molar-refractivity contribution < 1.29 is 14.7 Å². The molecule has 0 spiro atoms. The van der Waals surface area contributed by atoms with Crippen molar-refractivity contribution in [1.82, 2.24) is 4.57 Å². The van der Waals surface area contributed by atoms with Crippen LogP contribution in [0.1, 0.15) is 16.1 Å². The number of carbonyl (C=O) groups is 2. The van der Waals surface area contributed by atoms with Crippen molar-refractivity contribution in [3.8, 4) is 6.07 Å². The lowest BCUT2D eigenvalue weighted by Gasteiger charge is -2.09. The first-order valence-corrected chi connectivity index (χ1v) is 7.20. The minimum Gasteiger partial charge on any atom is -0.477 e. The first kappa shape index (κ1) is 15.3. The number of carboxylic acid groups (broad SMARTS) is 1. The van der Waals surface area contributed by atoms with Crippen LogP contribution in [0.2, 0.25) is 0 Å². The molecular weight excluding hydrogens is 306 g/mol. The summed E-state index contributed by atoms with van der Waals surface area (Å²) < 4.78 is 1.47. The zero-order valence-electron chi connectivity index (χ0n) is 12.6. The van der Waals surface area contributed by atoms with E-state index in [0.717, 1.165) is 5.39 Å². The molecule has 0 aliphatic rings. The van der Waals surface area contributed by atoms with Crippen molar-refractivity contribution in [1.29, 1.82) is 5.26 Å². The molecule has 6 nitrogen and oxygen atoms in total. The lowest BCUT2D eigenvalue weighted by atomic mass is 10.2. The van der Waals surface area contributed by atoms with Crippen LogP contribution in [0.3, 0.4) is 0 Å². The number of aromatic nitrogens is 1. The number of aromatic carboxylic acids is 1. The van der Waals surface area contributed by atoms with Crippen LogP contribution in [-0.2, 0) is 11.3 Å². The summed E-state index contributed by atoms with van der Waals surface area (Å²) >= 11 is 0. The number of amides is 1. The highest BCUT2D eigenvalue weighted by Gasteiger charge is 2.16. The van der Waals surface area contributed by atoms with Crippen LogP contribution < -0.4 is 5.32 Å². The number of rotatable bonds is 4. The standard InChI is InChI=1S/C18H13N3O3/c19-10-12-5-7-14(8-6-12)20-17(22)11-21-15-4-2-1-3-13(15)9-16(21)18(23)24/h1-9H,11H2,(H,20,22)(H,23,24). The number of carboxylic acids is 1. The van der Waals surface area contributed by atoms with Gasteiger partial charge in [0.1, 0.15) is 12.2 Å². The van der Waals surface area contributed by atoms with Crippen LogP contribution >= 0.6 is 0 Å². The van der Waals surface area contributed by atoms with Gasteiger partial charge < -0.3 is 15.0 Å². The summed E-state index contributed by atoms with van der Waals surface area (Å²) in [6.45, 7) is -0.116. The summed E-state index contributed by atoms with van der Waals surface area (Å²) in [5.74, 6) is -1.43. The van der Waals surface area contributed by atoms with Crippen LogP contribution in [0, 0.1) is 11.3 Å². The fourth-order valence-electron chi connectivity index (χ4n) is 2.53. The molecule has 0 aliphatic carbocycles. The summed E-state index contributed by atoms with van der Waals surface area (Å²) in [5, 5.41) is 21.6. The molecule has 3 aromatic rings. The Morgan fingerprint density at radius 3 is 2.50 bits per heavy atom. The van der Waals surface area contributed by atoms with Gasteiger partial charge in [0.05, 0.1) is 11.6 Å². The van der Waals surface area contributed by atoms with Crippen LogP contribution in [0.4, 0.5) is 5.69 Å². The summed E-state index contributed by atoms with van der Waals surface area (Å²) in [6, 6.07) is 17.2. The minimum absolute atomic E-state index is 0.0613. The van der Waals surface area contributed by atoms with Crippen LogP contribution in [0.15, 0.2) is 54.6 Å². The highest BCUT2D eigenvalue weighted by atomic mass is 16.4. The van der Waals surface area contributed by atoms with Crippen LogP contribution in [-0.4, -0.2) is 21.6 Å². The molecule has 2 aromatic carbocycles. The molecule has 1 amide bonds. The predicted molar refractivity (Wildman–Crippen MR) is 88.7 cm³/mol. The van der Waals surface area contributed by atoms with Crippen molar-refractivity contribution in [2.24, 2.45) is 0 Å². The van der Waals surface area contributed by atoms with Gasteiger partial charge in [-0.25, -0.2) is 4.79 Å². The molecule has 24 heavy (non-hydrogen) atoms. The molecule has 0 atom stereocenters. The van der Waals surface area contributed by atoms with E-state index in [9.17, 15) is 14.7 Å². The van der Waals surface area contributed by atoms with Gasteiger partial charge in [0.15, 0.2) is 0 Å². The lowest BCUT2D eigenvalue weighted by molar-refractivity contribution is -0.116. The maximum absolute atomic E-state index is 12.3. The predicted octanol–water partition coefficient (Wildman–Crippen LogP) is 2.85. The van der Waals surface area contributed by atoms with Gasteiger partial charge in [-0.15, -0.1) is 0 Å². The number of fused-ring (bicyclic) bond motifs is 1. The molecule has 0 aliphatic heterocycles. The number of benzene rings is 2. The topological polar surface area (TPSA) is 95.1 Å². The third-order valence-corrected chi connectivity index (χ3v) is 3.63. The Morgan fingerprint density at radius 1 is 1.12 bits per heavy atom. The van der Waals surface area contributed by atoms with Crippen molar-refractivity contribution in [2.75, 3.05) is 5.32 Å². The second kappa shape index (κ2) is 6.26. The molecular formula is C18H13N3O3. The van der Waals surface area contributed by atoms with Crippen LogP contribution in [0.5, 0.6) is 0 Å². The molecule has 0 fully saturated rings. The minimum atomic E-state index is -1.09. The quantitative estimate of drug-likeness (QED) is 0.773. The Morgan fingerprint density at radius 2 is 1.83 bits per heavy atom. The monoisotopic (exact) mass is 319 g/mol. The molecule has 0 unspecified atom stereocenters. The third-order valence-electron chi connectivity index (χ3n) is 3.63. The van der Waals surface area contributed by atoms with Gasteiger partial charge in [0.25, 0.3) is 0 Å². The van der Waals surface area contributed by atoms with E-state index in [1.165, 1.54) is 4.57 Å². The average molecular weight is 319 g/mol. The van der Waals surface area contributed by atoms with Gasteiger partial charge >= 0.3 is 5.97 Å². The maximum atomic E-state index is 12.3. The van der Waals surface area contributed by atoms with E-state index in [1.807, 2.05) is 12.1 Å². The normalized spacial score (nSPS) is 10.3. The number of para-hydroxylation sites is 1. The first-order valence-electron chi connectivity index (χ1n) is 7.20. The number of anilines is 1. The van der Waals surface area contributed by atoms with Gasteiger partial charge in [-0.3, -0.25) is 4.79 Å². The van der Waals surface area contributed by atoms with E-state index in [1.54, 1.807) is 48.5 Å². The number of hydrogen-bond acceptors (Lipinski definition) is 3. The Balaban J connectivity index is 1.86. The number of hydrogen-bond donors (Lipinski definition) is 2. The summed E-state index contributed by atoms with van der Waals surface area (Å²) in [4.78, 5) is 23.7. The highest BCUT2D eigenvalue weighted by molar-refractivity contribution is 5.97. The molecule has 118 valence electrons.